The summed E-state index contributed by atoms with van der Waals surface area (Å²) in [7, 11) is 0. The van der Waals surface area contributed by atoms with Crippen LogP contribution in [0.3, 0.4) is 0 Å². The van der Waals surface area contributed by atoms with Gasteiger partial charge in [0.2, 0.25) is 0 Å². The van der Waals surface area contributed by atoms with Gasteiger partial charge in [0.1, 0.15) is 11.3 Å². The molecule has 0 unspecified atom stereocenters. The normalized spacial score (nSPS) is 10.9. The standard InChI is InChI=1S/C26H22N4O2.Na/c1-2-6-24-29-23-9-5-14-27-25(23)30(24)16-17-10-12-21-18(15-17)11-13-22(28-21)19-7-3-4-8-20(19)26(31)32;/h3-5,7-15H,2,6,16H2,1H3,(H,31,32);/q;+1/p-1. The third-order valence-electron chi connectivity index (χ3n) is 5.57. The van der Waals surface area contributed by atoms with Crippen LogP contribution in [0.25, 0.3) is 33.3 Å². The van der Waals surface area contributed by atoms with Crippen molar-refractivity contribution in [1.29, 1.82) is 0 Å². The zero-order chi connectivity index (χ0) is 22.1. The average molecular weight is 444 g/mol. The Kier molecular flexibility index (Phi) is 6.88. The Balaban J connectivity index is 0.00000259. The molecule has 7 heteroatoms. The first-order valence-electron chi connectivity index (χ1n) is 10.6. The van der Waals surface area contributed by atoms with Crippen molar-refractivity contribution in [3.63, 3.8) is 0 Å². The third-order valence-corrected chi connectivity index (χ3v) is 5.57. The molecule has 0 aliphatic carbocycles. The SMILES string of the molecule is CCCc1nc2cccnc2n1Cc1ccc2nc(-c3ccccc3C(=O)[O-])ccc2c1.[Na+]. The Morgan fingerprint density at radius 1 is 0.970 bits per heavy atom. The smallest absolute Gasteiger partial charge is 0.545 e. The van der Waals surface area contributed by atoms with Crippen molar-refractivity contribution in [2.24, 2.45) is 0 Å². The van der Waals surface area contributed by atoms with E-state index in [9.17, 15) is 9.90 Å². The van der Waals surface area contributed by atoms with Crippen LogP contribution in [-0.4, -0.2) is 25.5 Å². The van der Waals surface area contributed by atoms with Crippen molar-refractivity contribution in [2.45, 2.75) is 26.3 Å². The molecule has 0 aliphatic heterocycles. The minimum atomic E-state index is -1.21. The summed E-state index contributed by atoms with van der Waals surface area (Å²) in [5.41, 5.74) is 5.04. The van der Waals surface area contributed by atoms with Gasteiger partial charge in [-0.3, -0.25) is 0 Å². The number of nitrogens with zero attached hydrogens (tertiary/aromatic N) is 4. The second-order valence-corrected chi connectivity index (χ2v) is 7.77. The molecule has 33 heavy (non-hydrogen) atoms. The summed E-state index contributed by atoms with van der Waals surface area (Å²) in [6.07, 6.45) is 3.71. The summed E-state index contributed by atoms with van der Waals surface area (Å²) in [6, 6.07) is 20.6. The van der Waals surface area contributed by atoms with Gasteiger partial charge in [0.05, 0.1) is 23.7 Å². The second kappa shape index (κ2) is 9.83. The molecule has 0 fully saturated rings. The molecule has 2 aromatic carbocycles. The molecule has 158 valence electrons. The number of carbonyl (C=O) groups is 1. The first-order valence-corrected chi connectivity index (χ1v) is 10.6. The van der Waals surface area contributed by atoms with E-state index in [1.54, 1.807) is 24.4 Å². The maximum atomic E-state index is 11.5. The number of carboxylic acid groups (broad SMARTS) is 1. The number of imidazole rings is 1. The van der Waals surface area contributed by atoms with Gasteiger partial charge in [-0.1, -0.05) is 43.3 Å². The quantitative estimate of drug-likeness (QED) is 0.365. The molecule has 0 amide bonds. The Hall–Kier alpha value is -3.06. The van der Waals surface area contributed by atoms with Gasteiger partial charge in [-0.15, -0.1) is 0 Å². The fourth-order valence-corrected chi connectivity index (χ4v) is 4.08. The van der Waals surface area contributed by atoms with Crippen LogP contribution in [0, 0.1) is 0 Å². The van der Waals surface area contributed by atoms with Crippen LogP contribution in [0.4, 0.5) is 0 Å². The number of rotatable bonds is 6. The van der Waals surface area contributed by atoms with Crippen molar-refractivity contribution >= 4 is 28.0 Å². The van der Waals surface area contributed by atoms with E-state index in [1.807, 2.05) is 36.4 Å². The van der Waals surface area contributed by atoms with Gasteiger partial charge in [-0.25, -0.2) is 15.0 Å². The van der Waals surface area contributed by atoms with Crippen LogP contribution < -0.4 is 34.7 Å². The number of benzene rings is 2. The van der Waals surface area contributed by atoms with E-state index in [-0.39, 0.29) is 35.1 Å². The number of carbonyl (C=O) groups excluding carboxylic acids is 1. The number of hydrogen-bond acceptors (Lipinski definition) is 5. The van der Waals surface area contributed by atoms with Crippen LogP contribution in [0.5, 0.6) is 0 Å². The number of pyridine rings is 2. The molecule has 6 nitrogen and oxygen atoms in total. The maximum absolute atomic E-state index is 11.5. The van der Waals surface area contributed by atoms with E-state index in [4.69, 9.17) is 9.97 Å². The van der Waals surface area contributed by atoms with E-state index in [0.717, 1.165) is 46.3 Å². The molecule has 0 saturated carbocycles. The first kappa shape index (κ1) is 23.1. The Labute approximate surface area is 213 Å². The van der Waals surface area contributed by atoms with Gasteiger partial charge in [0.15, 0.2) is 5.65 Å². The largest absolute Gasteiger partial charge is 1.00 e. The Bertz CT molecular complexity index is 1460. The molecule has 3 aromatic heterocycles. The fourth-order valence-electron chi connectivity index (χ4n) is 4.08. The van der Waals surface area contributed by atoms with Crippen molar-refractivity contribution in [3.8, 4) is 11.3 Å². The second-order valence-electron chi connectivity index (χ2n) is 7.77. The molecule has 0 radical (unpaired) electrons. The van der Waals surface area contributed by atoms with E-state index < -0.39 is 5.97 Å². The van der Waals surface area contributed by atoms with Crippen molar-refractivity contribution < 1.29 is 39.5 Å². The number of aromatic carboxylic acids is 1. The van der Waals surface area contributed by atoms with Crippen LogP contribution in [0.15, 0.2) is 72.9 Å². The third kappa shape index (κ3) is 4.55. The first-order chi connectivity index (χ1) is 15.6. The van der Waals surface area contributed by atoms with E-state index in [2.05, 4.69) is 22.5 Å². The number of aromatic nitrogens is 4. The Morgan fingerprint density at radius 2 is 1.82 bits per heavy atom. The van der Waals surface area contributed by atoms with Crippen LogP contribution in [0.1, 0.15) is 35.1 Å². The van der Waals surface area contributed by atoms with Crippen molar-refractivity contribution in [2.75, 3.05) is 0 Å². The van der Waals surface area contributed by atoms with E-state index in [1.165, 1.54) is 6.07 Å². The van der Waals surface area contributed by atoms with Crippen LogP contribution in [-0.2, 0) is 13.0 Å². The van der Waals surface area contributed by atoms with Gasteiger partial charge in [0.25, 0.3) is 0 Å². The predicted octanol–water partition coefficient (Wildman–Crippen LogP) is 1.01. The fraction of sp³-hybridized carbons (Fsp3) is 0.154. The monoisotopic (exact) mass is 444 g/mol. The molecule has 0 spiro atoms. The summed E-state index contributed by atoms with van der Waals surface area (Å²) in [4.78, 5) is 25.5. The summed E-state index contributed by atoms with van der Waals surface area (Å²) in [6.45, 7) is 2.82. The number of hydrogen-bond donors (Lipinski definition) is 0. The van der Waals surface area contributed by atoms with Gasteiger partial charge in [0, 0.05) is 29.1 Å². The molecule has 0 aliphatic rings. The molecule has 0 atom stereocenters. The van der Waals surface area contributed by atoms with Crippen LogP contribution >= 0.6 is 0 Å². The summed E-state index contributed by atoms with van der Waals surface area (Å²) < 4.78 is 2.18. The number of aryl methyl sites for hydroxylation is 1. The predicted molar refractivity (Wildman–Crippen MR) is 122 cm³/mol. The van der Waals surface area contributed by atoms with Gasteiger partial charge >= 0.3 is 29.6 Å². The molecular formula is C26H21N4NaO2. The van der Waals surface area contributed by atoms with Crippen LogP contribution in [0.2, 0.25) is 0 Å². The number of fused-ring (bicyclic) bond motifs is 2. The molecule has 0 N–H and O–H groups in total. The number of carboxylic acids is 1. The molecular weight excluding hydrogens is 423 g/mol. The maximum Gasteiger partial charge on any atom is 1.00 e. The Morgan fingerprint density at radius 3 is 2.64 bits per heavy atom. The summed E-state index contributed by atoms with van der Waals surface area (Å²) >= 11 is 0. The molecule has 0 saturated heterocycles. The van der Waals surface area contributed by atoms with E-state index in [0.29, 0.717) is 17.8 Å². The molecule has 0 bridgehead atoms. The topological polar surface area (TPSA) is 83.7 Å². The zero-order valence-corrected chi connectivity index (χ0v) is 20.7. The summed E-state index contributed by atoms with van der Waals surface area (Å²) in [5.74, 6) is -0.171. The zero-order valence-electron chi connectivity index (χ0n) is 18.7. The average Bonchev–Trinajstić information content (AvgIpc) is 3.16. The molecule has 5 rings (SSSR count). The van der Waals surface area contributed by atoms with E-state index >= 15 is 0 Å². The van der Waals surface area contributed by atoms with Gasteiger partial charge in [-0.2, -0.15) is 0 Å². The van der Waals surface area contributed by atoms with Crippen molar-refractivity contribution in [1.82, 2.24) is 19.5 Å². The minimum Gasteiger partial charge on any atom is -0.545 e. The van der Waals surface area contributed by atoms with Gasteiger partial charge in [-0.05, 0) is 42.3 Å². The molecule has 5 aromatic rings. The minimum absolute atomic E-state index is 0. The van der Waals surface area contributed by atoms with Gasteiger partial charge < -0.3 is 14.5 Å². The van der Waals surface area contributed by atoms with Crippen molar-refractivity contribution in [3.05, 3.63) is 89.9 Å². The summed E-state index contributed by atoms with van der Waals surface area (Å²) in [5, 5.41) is 12.5. The molecule has 3 heterocycles.